The Bertz CT molecular complexity index is 771. The SMILES string of the molecule is O=C(CC(=O)c1ccc(C2CC2)cc1F)Cc1ncccc1Cl. The van der Waals surface area contributed by atoms with Gasteiger partial charge in [-0.15, -0.1) is 0 Å². The molecule has 5 heteroatoms. The van der Waals surface area contributed by atoms with E-state index in [-0.39, 0.29) is 24.2 Å². The van der Waals surface area contributed by atoms with E-state index < -0.39 is 11.6 Å². The van der Waals surface area contributed by atoms with Crippen molar-refractivity contribution in [1.29, 1.82) is 0 Å². The molecule has 1 aromatic carbocycles. The molecule has 1 saturated carbocycles. The van der Waals surface area contributed by atoms with E-state index in [2.05, 4.69) is 4.98 Å². The zero-order valence-electron chi connectivity index (χ0n) is 12.4. The molecular weight excluding hydrogens is 317 g/mol. The van der Waals surface area contributed by atoms with Crippen LogP contribution in [0.5, 0.6) is 0 Å². The molecule has 0 N–H and O–H groups in total. The summed E-state index contributed by atoms with van der Waals surface area (Å²) in [7, 11) is 0. The molecule has 0 saturated heterocycles. The number of carbonyl (C=O) groups excluding carboxylic acids is 2. The van der Waals surface area contributed by atoms with Crippen LogP contribution in [0.2, 0.25) is 5.02 Å². The lowest BCUT2D eigenvalue weighted by molar-refractivity contribution is -0.117. The Balaban J connectivity index is 1.66. The fraction of sp³-hybridized carbons (Fsp3) is 0.278. The summed E-state index contributed by atoms with van der Waals surface area (Å²) in [6, 6.07) is 7.96. The largest absolute Gasteiger partial charge is 0.299 e. The average molecular weight is 332 g/mol. The molecule has 1 heterocycles. The number of rotatable bonds is 6. The third-order valence-electron chi connectivity index (χ3n) is 3.90. The molecule has 0 spiro atoms. The van der Waals surface area contributed by atoms with Crippen molar-refractivity contribution in [3.63, 3.8) is 0 Å². The lowest BCUT2D eigenvalue weighted by atomic mass is 10.0. The smallest absolute Gasteiger partial charge is 0.173 e. The van der Waals surface area contributed by atoms with E-state index in [4.69, 9.17) is 11.6 Å². The van der Waals surface area contributed by atoms with E-state index in [0.717, 1.165) is 18.4 Å². The van der Waals surface area contributed by atoms with Crippen molar-refractivity contribution < 1.29 is 14.0 Å². The molecule has 3 rings (SSSR count). The second-order valence-electron chi connectivity index (χ2n) is 5.76. The summed E-state index contributed by atoms with van der Waals surface area (Å²) in [6.07, 6.45) is 3.28. The Labute approximate surface area is 138 Å². The van der Waals surface area contributed by atoms with Crippen molar-refractivity contribution >= 4 is 23.2 Å². The molecule has 1 aliphatic carbocycles. The highest BCUT2D eigenvalue weighted by Gasteiger charge is 2.25. The first-order chi connectivity index (χ1) is 11.0. The van der Waals surface area contributed by atoms with Crippen LogP contribution < -0.4 is 0 Å². The predicted molar refractivity (Wildman–Crippen MR) is 85.3 cm³/mol. The zero-order valence-corrected chi connectivity index (χ0v) is 13.1. The normalized spacial score (nSPS) is 13.8. The van der Waals surface area contributed by atoms with E-state index >= 15 is 0 Å². The van der Waals surface area contributed by atoms with Crippen LogP contribution in [0.15, 0.2) is 36.5 Å². The molecule has 1 aromatic heterocycles. The first kappa shape index (κ1) is 15.8. The number of carbonyl (C=O) groups is 2. The molecule has 0 radical (unpaired) electrons. The standard InChI is InChI=1S/C18H15ClFNO2/c19-15-2-1-7-21-17(15)9-13(22)10-18(23)14-6-5-12(8-16(14)20)11-3-4-11/h1-2,5-8,11H,3-4,9-10H2. The predicted octanol–water partition coefficient (Wildman–Crippen LogP) is 4.14. The fourth-order valence-electron chi connectivity index (χ4n) is 2.50. The second kappa shape index (κ2) is 6.59. The van der Waals surface area contributed by atoms with Crippen LogP contribution in [0.1, 0.15) is 46.8 Å². The van der Waals surface area contributed by atoms with Gasteiger partial charge in [0.2, 0.25) is 0 Å². The second-order valence-corrected chi connectivity index (χ2v) is 6.17. The molecule has 0 bridgehead atoms. The monoisotopic (exact) mass is 331 g/mol. The number of benzene rings is 1. The Morgan fingerprint density at radius 2 is 2.04 bits per heavy atom. The summed E-state index contributed by atoms with van der Waals surface area (Å²) in [5.74, 6) is -0.979. The average Bonchev–Trinajstić information content (AvgIpc) is 3.34. The number of hydrogen-bond acceptors (Lipinski definition) is 3. The number of nitrogens with zero attached hydrogens (tertiary/aromatic N) is 1. The van der Waals surface area contributed by atoms with E-state index in [1.807, 2.05) is 0 Å². The molecule has 0 amide bonds. The summed E-state index contributed by atoms with van der Waals surface area (Å²) in [5.41, 5.74) is 1.32. The Kier molecular flexibility index (Phi) is 4.53. The molecule has 1 aliphatic rings. The maximum atomic E-state index is 14.1. The van der Waals surface area contributed by atoms with Gasteiger partial charge in [-0.1, -0.05) is 17.7 Å². The van der Waals surface area contributed by atoms with Crippen LogP contribution in [0.4, 0.5) is 4.39 Å². The van der Waals surface area contributed by atoms with Crippen molar-refractivity contribution in [3.05, 3.63) is 64.2 Å². The van der Waals surface area contributed by atoms with Crippen LogP contribution in [0.25, 0.3) is 0 Å². The first-order valence-corrected chi connectivity index (χ1v) is 7.86. The number of Topliss-reactive ketones (excluding diaryl/α,β-unsaturated/α-hetero) is 2. The van der Waals surface area contributed by atoms with Gasteiger partial charge in [0.25, 0.3) is 0 Å². The molecule has 1 fully saturated rings. The van der Waals surface area contributed by atoms with Crippen molar-refractivity contribution in [2.45, 2.75) is 31.6 Å². The highest BCUT2D eigenvalue weighted by atomic mass is 35.5. The summed E-state index contributed by atoms with van der Waals surface area (Å²) >= 11 is 5.94. The van der Waals surface area contributed by atoms with Gasteiger partial charge in [-0.2, -0.15) is 0 Å². The van der Waals surface area contributed by atoms with E-state index in [1.165, 1.54) is 18.3 Å². The molecular formula is C18H15ClFNO2. The Morgan fingerprint density at radius 1 is 1.26 bits per heavy atom. The van der Waals surface area contributed by atoms with Gasteiger partial charge in [-0.25, -0.2) is 4.39 Å². The van der Waals surface area contributed by atoms with Gasteiger partial charge >= 0.3 is 0 Å². The van der Waals surface area contributed by atoms with E-state index in [1.54, 1.807) is 18.2 Å². The molecule has 3 nitrogen and oxygen atoms in total. The Hall–Kier alpha value is -2.07. The topological polar surface area (TPSA) is 47.0 Å². The maximum Gasteiger partial charge on any atom is 0.173 e. The quantitative estimate of drug-likeness (QED) is 0.590. The van der Waals surface area contributed by atoms with Crippen molar-refractivity contribution in [1.82, 2.24) is 4.98 Å². The number of halogens is 2. The highest BCUT2D eigenvalue weighted by Crippen LogP contribution is 2.40. The van der Waals surface area contributed by atoms with Gasteiger partial charge in [0, 0.05) is 6.20 Å². The third-order valence-corrected chi connectivity index (χ3v) is 4.24. The highest BCUT2D eigenvalue weighted by molar-refractivity contribution is 6.31. The number of ketones is 2. The molecule has 118 valence electrons. The minimum absolute atomic E-state index is 0.0325. The van der Waals surface area contributed by atoms with Gasteiger partial charge in [0.05, 0.1) is 29.1 Å². The molecule has 23 heavy (non-hydrogen) atoms. The summed E-state index contributed by atoms with van der Waals surface area (Å²) in [5, 5.41) is 0.383. The number of pyridine rings is 1. The number of hydrogen-bond donors (Lipinski definition) is 0. The summed E-state index contributed by atoms with van der Waals surface area (Å²) in [6.45, 7) is 0. The molecule has 2 aromatic rings. The van der Waals surface area contributed by atoms with E-state index in [0.29, 0.717) is 16.6 Å². The summed E-state index contributed by atoms with van der Waals surface area (Å²) < 4.78 is 14.1. The van der Waals surface area contributed by atoms with Gasteiger partial charge in [-0.3, -0.25) is 14.6 Å². The van der Waals surface area contributed by atoms with E-state index in [9.17, 15) is 14.0 Å². The van der Waals surface area contributed by atoms with Crippen LogP contribution >= 0.6 is 11.6 Å². The van der Waals surface area contributed by atoms with Gasteiger partial charge < -0.3 is 0 Å². The van der Waals surface area contributed by atoms with Crippen LogP contribution in [-0.4, -0.2) is 16.6 Å². The van der Waals surface area contributed by atoms with Crippen molar-refractivity contribution in [2.75, 3.05) is 0 Å². The zero-order chi connectivity index (χ0) is 16.4. The minimum Gasteiger partial charge on any atom is -0.299 e. The van der Waals surface area contributed by atoms with Crippen molar-refractivity contribution in [2.24, 2.45) is 0 Å². The Morgan fingerprint density at radius 3 is 2.70 bits per heavy atom. The van der Waals surface area contributed by atoms with Crippen LogP contribution in [0, 0.1) is 5.82 Å². The van der Waals surface area contributed by atoms with Gasteiger partial charge in [0.15, 0.2) is 5.78 Å². The fourth-order valence-corrected chi connectivity index (χ4v) is 2.69. The minimum atomic E-state index is -0.553. The molecule has 0 atom stereocenters. The third kappa shape index (κ3) is 3.82. The van der Waals surface area contributed by atoms with Crippen molar-refractivity contribution in [3.8, 4) is 0 Å². The number of aromatic nitrogens is 1. The lowest BCUT2D eigenvalue weighted by Crippen LogP contribution is -2.13. The molecule has 0 aliphatic heterocycles. The van der Waals surface area contributed by atoms with Gasteiger partial charge in [0.1, 0.15) is 11.6 Å². The van der Waals surface area contributed by atoms with Crippen LogP contribution in [-0.2, 0) is 11.2 Å². The maximum absolute atomic E-state index is 14.1. The molecule has 0 unspecified atom stereocenters. The van der Waals surface area contributed by atoms with Crippen LogP contribution in [0.3, 0.4) is 0 Å². The lowest BCUT2D eigenvalue weighted by Gasteiger charge is -2.05. The first-order valence-electron chi connectivity index (χ1n) is 7.48. The summed E-state index contributed by atoms with van der Waals surface area (Å²) in [4.78, 5) is 28.2. The van der Waals surface area contributed by atoms with Gasteiger partial charge in [-0.05, 0) is 48.6 Å².